The van der Waals surface area contributed by atoms with E-state index in [1.165, 1.54) is 0 Å². The minimum absolute atomic E-state index is 0.00944. The van der Waals surface area contributed by atoms with Crippen molar-refractivity contribution >= 4 is 0 Å². The van der Waals surface area contributed by atoms with Gasteiger partial charge in [0.15, 0.2) is 5.41 Å². The Morgan fingerprint density at radius 2 is 1.88 bits per heavy atom. The molecule has 126 valence electrons. The van der Waals surface area contributed by atoms with Gasteiger partial charge in [-0.25, -0.2) is 0 Å². The molecule has 0 bridgehead atoms. The van der Waals surface area contributed by atoms with E-state index in [0.717, 1.165) is 25.1 Å². The van der Waals surface area contributed by atoms with Gasteiger partial charge in [0.1, 0.15) is 6.07 Å². The lowest BCUT2D eigenvalue weighted by Gasteiger charge is -2.46. The van der Waals surface area contributed by atoms with Crippen LogP contribution in [0.15, 0.2) is 22.9 Å². The molecule has 1 aliphatic heterocycles. The van der Waals surface area contributed by atoms with Crippen LogP contribution in [-0.4, -0.2) is 24.0 Å². The van der Waals surface area contributed by atoms with Gasteiger partial charge in [-0.15, -0.1) is 0 Å². The number of hydrogen-bond donors (Lipinski definition) is 1. The first-order valence-corrected chi connectivity index (χ1v) is 8.49. The Morgan fingerprint density at radius 1 is 1.25 bits per heavy atom. The highest BCUT2D eigenvalue weighted by molar-refractivity contribution is 5.56. The zero-order chi connectivity index (χ0) is 18.1. The Bertz CT molecular complexity index is 679. The number of nitriles is 3. The lowest BCUT2D eigenvalue weighted by molar-refractivity contribution is 0.130. The van der Waals surface area contributed by atoms with Gasteiger partial charge in [-0.2, -0.15) is 15.8 Å². The molecule has 0 amide bonds. The highest BCUT2D eigenvalue weighted by Gasteiger charge is 2.53. The van der Waals surface area contributed by atoms with Gasteiger partial charge in [0.05, 0.1) is 23.4 Å². The minimum Gasteiger partial charge on any atom is -0.399 e. The molecule has 5 heteroatoms. The molecule has 2 atom stereocenters. The van der Waals surface area contributed by atoms with Gasteiger partial charge in [0, 0.05) is 31.0 Å². The highest BCUT2D eigenvalue weighted by Crippen LogP contribution is 2.51. The van der Waals surface area contributed by atoms with Crippen molar-refractivity contribution in [2.45, 2.75) is 40.2 Å². The molecule has 2 N–H and O–H groups in total. The third-order valence-corrected chi connectivity index (χ3v) is 5.32. The summed E-state index contributed by atoms with van der Waals surface area (Å²) in [4.78, 5) is 2.32. The van der Waals surface area contributed by atoms with Crippen LogP contribution < -0.4 is 5.73 Å². The smallest absolute Gasteiger partial charge is 0.187 e. The summed E-state index contributed by atoms with van der Waals surface area (Å²) in [6, 6.07) is 6.88. The molecule has 0 aromatic heterocycles. The summed E-state index contributed by atoms with van der Waals surface area (Å²) in [6.45, 7) is 9.97. The number of rotatable bonds is 3. The molecule has 0 fully saturated rings. The molecule has 5 nitrogen and oxygen atoms in total. The van der Waals surface area contributed by atoms with Crippen molar-refractivity contribution in [2.75, 3.05) is 13.1 Å². The third-order valence-electron chi connectivity index (χ3n) is 5.32. The Balaban J connectivity index is 2.67. The molecule has 0 aromatic rings. The second-order valence-electron chi connectivity index (χ2n) is 7.48. The van der Waals surface area contributed by atoms with Crippen molar-refractivity contribution < 1.29 is 0 Å². The van der Waals surface area contributed by atoms with Crippen LogP contribution in [0.5, 0.6) is 0 Å². The van der Waals surface area contributed by atoms with E-state index >= 15 is 0 Å². The number of nitrogens with zero attached hydrogens (tertiary/aromatic N) is 4. The maximum atomic E-state index is 9.84. The van der Waals surface area contributed by atoms with Crippen molar-refractivity contribution in [1.29, 1.82) is 15.8 Å². The van der Waals surface area contributed by atoms with Crippen molar-refractivity contribution in [3.05, 3.63) is 22.9 Å². The molecule has 0 spiro atoms. The van der Waals surface area contributed by atoms with E-state index in [0.29, 0.717) is 17.5 Å². The molecule has 2 aliphatic rings. The Kier molecular flexibility index (Phi) is 5.02. The summed E-state index contributed by atoms with van der Waals surface area (Å²) in [5.74, 6) is 0.130. The predicted octanol–water partition coefficient (Wildman–Crippen LogP) is 2.70. The third kappa shape index (κ3) is 2.68. The molecule has 2 rings (SSSR count). The molecule has 0 radical (unpaired) electrons. The van der Waals surface area contributed by atoms with Gasteiger partial charge >= 0.3 is 0 Å². The van der Waals surface area contributed by atoms with Crippen LogP contribution in [0.3, 0.4) is 0 Å². The number of hydrogen-bond acceptors (Lipinski definition) is 5. The van der Waals surface area contributed by atoms with Gasteiger partial charge in [-0.05, 0) is 31.8 Å². The fourth-order valence-corrected chi connectivity index (χ4v) is 3.98. The molecule has 0 saturated carbocycles. The largest absolute Gasteiger partial charge is 0.399 e. The van der Waals surface area contributed by atoms with E-state index < -0.39 is 5.41 Å². The molecule has 0 unspecified atom stereocenters. The zero-order valence-electron chi connectivity index (χ0n) is 14.9. The molecular weight excluding hydrogens is 298 g/mol. The summed E-state index contributed by atoms with van der Waals surface area (Å²) < 4.78 is 0. The summed E-state index contributed by atoms with van der Waals surface area (Å²) >= 11 is 0. The van der Waals surface area contributed by atoms with E-state index in [9.17, 15) is 15.8 Å². The standard InChI is InChI=1S/C19H25N5/c1-12(2)7-17-16-9-24(13(3)4)6-5-14(16)15(8-20)18(23)19(17,10-21)11-22/h5,12-13,16-17H,6-7,9,23H2,1-4H3/t16-,17-/m0/s1. The minimum atomic E-state index is -1.42. The van der Waals surface area contributed by atoms with Crippen molar-refractivity contribution in [3.63, 3.8) is 0 Å². The van der Waals surface area contributed by atoms with E-state index in [-0.39, 0.29) is 17.5 Å². The fraction of sp³-hybridized carbons (Fsp3) is 0.632. The average molecular weight is 323 g/mol. The summed E-state index contributed by atoms with van der Waals surface area (Å²) in [7, 11) is 0. The van der Waals surface area contributed by atoms with Crippen LogP contribution in [0, 0.1) is 57.2 Å². The molecule has 0 saturated heterocycles. The summed E-state index contributed by atoms with van der Waals surface area (Å²) in [6.07, 6.45) is 2.79. The quantitative estimate of drug-likeness (QED) is 0.860. The Morgan fingerprint density at radius 3 is 2.33 bits per heavy atom. The molecule has 0 aromatic carbocycles. The molecule has 1 heterocycles. The molecule has 24 heavy (non-hydrogen) atoms. The van der Waals surface area contributed by atoms with Crippen molar-refractivity contribution in [3.8, 4) is 18.2 Å². The average Bonchev–Trinajstić information content (AvgIpc) is 2.55. The van der Waals surface area contributed by atoms with Gasteiger partial charge < -0.3 is 5.73 Å². The number of fused-ring (bicyclic) bond motifs is 1. The lowest BCUT2D eigenvalue weighted by Crippen LogP contribution is -2.50. The van der Waals surface area contributed by atoms with Gasteiger partial charge in [-0.3, -0.25) is 4.90 Å². The number of allylic oxidation sites excluding steroid dienone is 2. The van der Waals surface area contributed by atoms with Gasteiger partial charge in [0.25, 0.3) is 0 Å². The summed E-state index contributed by atoms with van der Waals surface area (Å²) in [5.41, 5.74) is 6.20. The van der Waals surface area contributed by atoms with Crippen LogP contribution in [0.2, 0.25) is 0 Å². The number of nitrogens with two attached hydrogens (primary N) is 1. The first-order chi connectivity index (χ1) is 11.3. The summed E-state index contributed by atoms with van der Waals surface area (Å²) in [5, 5.41) is 29.3. The van der Waals surface area contributed by atoms with Crippen LogP contribution >= 0.6 is 0 Å². The maximum absolute atomic E-state index is 9.84. The first kappa shape index (κ1) is 18.1. The first-order valence-electron chi connectivity index (χ1n) is 8.49. The highest BCUT2D eigenvalue weighted by atomic mass is 15.2. The van der Waals surface area contributed by atoms with E-state index in [4.69, 9.17) is 5.73 Å². The normalized spacial score (nSPS) is 26.4. The zero-order valence-corrected chi connectivity index (χ0v) is 14.9. The Labute approximate surface area is 144 Å². The second-order valence-corrected chi connectivity index (χ2v) is 7.48. The van der Waals surface area contributed by atoms with Crippen LogP contribution in [0.1, 0.15) is 34.1 Å². The topological polar surface area (TPSA) is 101 Å². The SMILES string of the molecule is CC(C)C[C@H]1[C@H]2CN(C(C)C)CC=C2C(C#N)=C(N)C1(C#N)C#N. The van der Waals surface area contributed by atoms with E-state index in [1.54, 1.807) is 0 Å². The van der Waals surface area contributed by atoms with Crippen molar-refractivity contribution in [1.82, 2.24) is 4.90 Å². The monoisotopic (exact) mass is 323 g/mol. The molecular formula is C19H25N5. The van der Waals surface area contributed by atoms with Gasteiger partial charge in [-0.1, -0.05) is 19.9 Å². The lowest BCUT2D eigenvalue weighted by atomic mass is 9.58. The predicted molar refractivity (Wildman–Crippen MR) is 91.7 cm³/mol. The Hall–Kier alpha value is -2.29. The van der Waals surface area contributed by atoms with Crippen LogP contribution in [-0.2, 0) is 0 Å². The molecule has 1 aliphatic carbocycles. The van der Waals surface area contributed by atoms with Crippen LogP contribution in [0.4, 0.5) is 0 Å². The van der Waals surface area contributed by atoms with E-state index in [2.05, 4.69) is 56.9 Å². The maximum Gasteiger partial charge on any atom is 0.187 e. The van der Waals surface area contributed by atoms with E-state index in [1.807, 2.05) is 0 Å². The fourth-order valence-electron chi connectivity index (χ4n) is 3.98. The van der Waals surface area contributed by atoms with Crippen LogP contribution in [0.25, 0.3) is 0 Å². The van der Waals surface area contributed by atoms with Crippen molar-refractivity contribution in [2.24, 2.45) is 28.9 Å². The van der Waals surface area contributed by atoms with Gasteiger partial charge in [0.2, 0.25) is 0 Å². The second kappa shape index (κ2) is 6.68.